The molecule has 7 atom stereocenters. The quantitative estimate of drug-likeness (QED) is 0.0202. The molecule has 0 aliphatic heterocycles. The van der Waals surface area contributed by atoms with Crippen LogP contribution in [-0.4, -0.2) is 125 Å². The minimum absolute atomic E-state index is 0.00733. The van der Waals surface area contributed by atoms with Crippen molar-refractivity contribution in [1.82, 2.24) is 31.9 Å². The van der Waals surface area contributed by atoms with E-state index in [1.54, 1.807) is 27.7 Å². The number of carboxylic acid groups (broad SMARTS) is 1. The van der Waals surface area contributed by atoms with Gasteiger partial charge in [-0.1, -0.05) is 34.1 Å². The second-order valence-corrected chi connectivity index (χ2v) is 14.2. The van der Waals surface area contributed by atoms with Crippen LogP contribution >= 0.6 is 0 Å². The van der Waals surface area contributed by atoms with Crippen LogP contribution in [0.25, 0.3) is 0 Å². The third-order valence-corrected chi connectivity index (χ3v) is 8.33. The number of unbranched alkanes of at least 4 members (excludes halogenated alkanes) is 1. The van der Waals surface area contributed by atoms with E-state index < -0.39 is 102 Å². The molecule has 0 heterocycles. The number of hydrogen-bond donors (Lipinski definition) is 13. The molecule has 0 aromatic rings. The van der Waals surface area contributed by atoms with Gasteiger partial charge in [-0.15, -0.1) is 0 Å². The van der Waals surface area contributed by atoms with Crippen molar-refractivity contribution < 1.29 is 48.6 Å². The summed E-state index contributed by atoms with van der Waals surface area (Å²) in [5, 5.41) is 34.1. The highest BCUT2D eigenvalue weighted by atomic mass is 16.4. The molecule has 0 saturated heterocycles. The molecule has 320 valence electrons. The number of aliphatic hydroxyl groups excluding tert-OH is 1. The lowest BCUT2D eigenvalue weighted by Crippen LogP contribution is -2.60. The molecule has 22 heteroatoms. The van der Waals surface area contributed by atoms with E-state index in [1.807, 2.05) is 0 Å². The van der Waals surface area contributed by atoms with E-state index in [9.17, 15) is 48.6 Å². The van der Waals surface area contributed by atoms with E-state index in [2.05, 4.69) is 36.9 Å². The largest absolute Gasteiger partial charge is 0.480 e. The summed E-state index contributed by atoms with van der Waals surface area (Å²) in [6.07, 6.45) is 1.16. The molecule has 0 aliphatic carbocycles. The van der Waals surface area contributed by atoms with Crippen molar-refractivity contribution >= 4 is 53.3 Å². The number of nitrogens with one attached hydrogen (secondary N) is 6. The Bertz CT molecular complexity index is 1360. The number of amides is 7. The van der Waals surface area contributed by atoms with Crippen LogP contribution in [0.5, 0.6) is 0 Å². The first-order chi connectivity index (χ1) is 26.1. The molecule has 18 N–H and O–H groups in total. The molecule has 0 aromatic heterocycles. The molecule has 0 fully saturated rings. The molecule has 0 aromatic carbocycles. The third kappa shape index (κ3) is 20.6. The van der Waals surface area contributed by atoms with Gasteiger partial charge in [-0.25, -0.2) is 4.79 Å². The van der Waals surface area contributed by atoms with Crippen molar-refractivity contribution in [3.8, 4) is 0 Å². The van der Waals surface area contributed by atoms with Crippen molar-refractivity contribution in [3.05, 3.63) is 0 Å². The lowest BCUT2D eigenvalue weighted by Gasteiger charge is -2.28. The van der Waals surface area contributed by atoms with Gasteiger partial charge in [0.2, 0.25) is 41.4 Å². The number of aliphatic carboxylic acids is 1. The van der Waals surface area contributed by atoms with Gasteiger partial charge in [0.05, 0.1) is 12.6 Å². The Morgan fingerprint density at radius 2 is 1.18 bits per heavy atom. The van der Waals surface area contributed by atoms with E-state index in [4.69, 9.17) is 28.7 Å². The van der Waals surface area contributed by atoms with Crippen molar-refractivity contribution in [2.75, 3.05) is 19.7 Å². The third-order valence-electron chi connectivity index (χ3n) is 8.33. The van der Waals surface area contributed by atoms with Crippen LogP contribution in [0.1, 0.15) is 86.0 Å². The SMILES string of the molecule is CC(C)C[C@H](NC(=O)[C@H](CCC(N)=O)NC(=O)[C@H](C)NC(=O)[C@H](CO)NC(=O)[C@@H](N)CCCCN)C(=O)N[C@H](C(=O)N[C@@H](CCCN=C(N)N)C(=O)O)C(C)C. The zero-order chi connectivity index (χ0) is 43.1. The monoisotopic (exact) mass is 800 g/mol. The van der Waals surface area contributed by atoms with Crippen molar-refractivity contribution in [2.24, 2.45) is 45.5 Å². The zero-order valence-corrected chi connectivity index (χ0v) is 33.0. The Labute approximate surface area is 327 Å². The predicted octanol–water partition coefficient (Wildman–Crippen LogP) is -4.53. The Morgan fingerprint density at radius 1 is 0.625 bits per heavy atom. The van der Waals surface area contributed by atoms with Crippen molar-refractivity contribution in [1.29, 1.82) is 0 Å². The Morgan fingerprint density at radius 3 is 1.70 bits per heavy atom. The number of aliphatic hydroxyl groups is 1. The summed E-state index contributed by atoms with van der Waals surface area (Å²) in [5.74, 6) is -7.93. The van der Waals surface area contributed by atoms with Crippen molar-refractivity contribution in [2.45, 2.75) is 128 Å². The molecule has 0 saturated carbocycles. The Kier molecular flexibility index (Phi) is 24.2. The number of aliphatic imine (C=N–C) groups is 1. The second kappa shape index (κ2) is 26.7. The van der Waals surface area contributed by atoms with Gasteiger partial charge >= 0.3 is 5.97 Å². The van der Waals surface area contributed by atoms with E-state index in [0.717, 1.165) is 0 Å². The predicted molar refractivity (Wildman–Crippen MR) is 205 cm³/mol. The molecule has 7 amide bonds. The number of rotatable bonds is 28. The minimum atomic E-state index is -1.45. The average molecular weight is 801 g/mol. The van der Waals surface area contributed by atoms with Crippen LogP contribution in [0.3, 0.4) is 0 Å². The number of nitrogens with two attached hydrogens (primary N) is 5. The standard InChI is InChI=1S/C34H64N12O10/c1-17(2)15-23(30(52)46-26(18(3)4)32(54)43-22(33(55)56)10-8-14-40-34(38)39)44-29(51)21(11-12-25(37)48)42-27(49)19(5)41-31(53)24(16-47)45-28(50)20(36)9-6-7-13-35/h17-24,26,47H,6-16,35-36H2,1-5H3,(H2,37,48)(H,41,53)(H,42,49)(H,43,54)(H,44,51)(H,45,50)(H,46,52)(H,55,56)(H4,38,39,40)/t19-,20-,21-,22-,23-,24-,26-/m0/s1. The fourth-order valence-electron chi connectivity index (χ4n) is 5.13. The number of nitrogens with zero attached hydrogens (tertiary/aromatic N) is 1. The molecular formula is C34H64N12O10. The Hall–Kier alpha value is -5.09. The van der Waals surface area contributed by atoms with Crippen LogP contribution in [0.15, 0.2) is 4.99 Å². The normalized spacial score (nSPS) is 14.8. The zero-order valence-electron chi connectivity index (χ0n) is 33.0. The summed E-state index contributed by atoms with van der Waals surface area (Å²) >= 11 is 0. The summed E-state index contributed by atoms with van der Waals surface area (Å²) in [4.78, 5) is 106. The van der Waals surface area contributed by atoms with Gasteiger partial charge in [-0.2, -0.15) is 0 Å². The van der Waals surface area contributed by atoms with Crippen LogP contribution in [-0.2, 0) is 38.4 Å². The highest BCUT2D eigenvalue weighted by molar-refractivity contribution is 5.97. The lowest BCUT2D eigenvalue weighted by molar-refractivity contribution is -0.143. The topological polar surface area (TPSA) is 392 Å². The van der Waals surface area contributed by atoms with Crippen LogP contribution in [0.4, 0.5) is 0 Å². The highest BCUT2D eigenvalue weighted by Gasteiger charge is 2.34. The molecule has 0 bridgehead atoms. The fourth-order valence-corrected chi connectivity index (χ4v) is 5.13. The number of carbonyl (C=O) groups excluding carboxylic acids is 7. The maximum atomic E-state index is 13.6. The van der Waals surface area contributed by atoms with E-state index in [1.165, 1.54) is 6.92 Å². The molecule has 0 unspecified atom stereocenters. The smallest absolute Gasteiger partial charge is 0.326 e. The molecular weight excluding hydrogens is 736 g/mol. The van der Waals surface area contributed by atoms with Gasteiger partial charge in [-0.3, -0.25) is 38.6 Å². The average Bonchev–Trinajstić information content (AvgIpc) is 3.10. The number of carbonyl (C=O) groups is 8. The summed E-state index contributed by atoms with van der Waals surface area (Å²) < 4.78 is 0. The van der Waals surface area contributed by atoms with Gasteiger partial charge in [0.15, 0.2) is 5.96 Å². The van der Waals surface area contributed by atoms with E-state index in [-0.39, 0.29) is 50.5 Å². The first-order valence-electron chi connectivity index (χ1n) is 18.6. The second-order valence-electron chi connectivity index (χ2n) is 14.2. The summed E-state index contributed by atoms with van der Waals surface area (Å²) in [7, 11) is 0. The summed E-state index contributed by atoms with van der Waals surface area (Å²) in [6, 6.07) is -8.97. The summed E-state index contributed by atoms with van der Waals surface area (Å²) in [5.41, 5.74) is 27.2. The van der Waals surface area contributed by atoms with Crippen LogP contribution in [0.2, 0.25) is 0 Å². The first kappa shape index (κ1) is 50.9. The lowest BCUT2D eigenvalue weighted by atomic mass is 9.99. The maximum absolute atomic E-state index is 13.6. The maximum Gasteiger partial charge on any atom is 0.326 e. The van der Waals surface area contributed by atoms with Crippen molar-refractivity contribution in [3.63, 3.8) is 0 Å². The molecule has 0 radical (unpaired) electrons. The molecule has 22 nitrogen and oxygen atoms in total. The Balaban J connectivity index is 5.90. The molecule has 0 aliphatic rings. The number of carboxylic acids is 1. The van der Waals surface area contributed by atoms with E-state index in [0.29, 0.717) is 25.8 Å². The molecule has 0 spiro atoms. The van der Waals surface area contributed by atoms with Gasteiger partial charge in [0.25, 0.3) is 0 Å². The number of guanidine groups is 1. The molecule has 56 heavy (non-hydrogen) atoms. The minimum Gasteiger partial charge on any atom is -0.480 e. The van der Waals surface area contributed by atoms with Crippen LogP contribution in [0, 0.1) is 11.8 Å². The number of hydrogen-bond acceptors (Lipinski definition) is 12. The first-order valence-corrected chi connectivity index (χ1v) is 18.6. The van der Waals surface area contributed by atoms with Crippen LogP contribution < -0.4 is 60.6 Å². The van der Waals surface area contributed by atoms with Gasteiger partial charge < -0.3 is 70.8 Å². The fraction of sp³-hybridized carbons (Fsp3) is 0.735. The highest BCUT2D eigenvalue weighted by Crippen LogP contribution is 2.11. The molecule has 0 rings (SSSR count). The van der Waals surface area contributed by atoms with E-state index >= 15 is 0 Å². The number of primary amides is 1. The summed E-state index contributed by atoms with van der Waals surface area (Å²) in [6.45, 7) is 7.80. The van der Waals surface area contributed by atoms with Gasteiger partial charge in [0.1, 0.15) is 36.3 Å². The van der Waals surface area contributed by atoms with Gasteiger partial charge in [0, 0.05) is 13.0 Å². The van der Waals surface area contributed by atoms with Gasteiger partial charge in [-0.05, 0) is 63.8 Å².